The standard InChI is InChI=1S/C5H7N3O2S2/c6-4-7-5(8-12-4)11-2-1-3(9)10/h1-2H2,(H,9,10)(H2,6,7,8). The SMILES string of the molecule is Nc1nc(SCCC(=O)O)ns1. The zero-order valence-electron chi connectivity index (χ0n) is 6.06. The minimum atomic E-state index is -0.814. The molecule has 5 nitrogen and oxygen atoms in total. The zero-order valence-corrected chi connectivity index (χ0v) is 7.69. The van der Waals surface area contributed by atoms with Gasteiger partial charge in [0, 0.05) is 17.3 Å². The van der Waals surface area contributed by atoms with Crippen molar-refractivity contribution >= 4 is 34.4 Å². The van der Waals surface area contributed by atoms with E-state index in [1.807, 2.05) is 0 Å². The number of hydrogen-bond donors (Lipinski definition) is 2. The molecule has 0 fully saturated rings. The molecule has 7 heteroatoms. The Hall–Kier alpha value is -0.820. The lowest BCUT2D eigenvalue weighted by atomic mass is 10.5. The molecule has 0 aliphatic rings. The normalized spacial score (nSPS) is 10.0. The van der Waals surface area contributed by atoms with Crippen LogP contribution in [0.2, 0.25) is 0 Å². The van der Waals surface area contributed by atoms with Crippen LogP contribution in [0.5, 0.6) is 0 Å². The third-order valence-corrected chi connectivity index (χ3v) is 2.48. The predicted molar refractivity (Wildman–Crippen MR) is 47.3 cm³/mol. The predicted octanol–water partition coefficient (Wildman–Crippen LogP) is 0.687. The summed E-state index contributed by atoms with van der Waals surface area (Å²) in [6.45, 7) is 0. The smallest absolute Gasteiger partial charge is 0.304 e. The van der Waals surface area contributed by atoms with Crippen molar-refractivity contribution in [3.63, 3.8) is 0 Å². The number of aliphatic carboxylic acids is 1. The van der Waals surface area contributed by atoms with Crippen LogP contribution in [0.1, 0.15) is 6.42 Å². The van der Waals surface area contributed by atoms with Crippen molar-refractivity contribution in [1.82, 2.24) is 9.36 Å². The Morgan fingerprint density at radius 3 is 3.00 bits per heavy atom. The van der Waals surface area contributed by atoms with Crippen LogP contribution in [-0.4, -0.2) is 26.2 Å². The van der Waals surface area contributed by atoms with E-state index in [-0.39, 0.29) is 6.42 Å². The van der Waals surface area contributed by atoms with Crippen LogP contribution in [-0.2, 0) is 4.79 Å². The topological polar surface area (TPSA) is 89.1 Å². The van der Waals surface area contributed by atoms with Crippen LogP contribution in [0.3, 0.4) is 0 Å². The summed E-state index contributed by atoms with van der Waals surface area (Å²) in [7, 11) is 0. The van der Waals surface area contributed by atoms with E-state index in [0.29, 0.717) is 16.0 Å². The number of thioether (sulfide) groups is 1. The highest BCUT2D eigenvalue weighted by atomic mass is 32.2. The van der Waals surface area contributed by atoms with Gasteiger partial charge < -0.3 is 10.8 Å². The van der Waals surface area contributed by atoms with E-state index in [9.17, 15) is 4.79 Å². The van der Waals surface area contributed by atoms with Gasteiger partial charge in [0.25, 0.3) is 0 Å². The molecule has 0 saturated heterocycles. The van der Waals surface area contributed by atoms with Gasteiger partial charge in [-0.15, -0.1) is 0 Å². The number of carboxylic acid groups (broad SMARTS) is 1. The van der Waals surface area contributed by atoms with Gasteiger partial charge in [-0.1, -0.05) is 11.8 Å². The van der Waals surface area contributed by atoms with Gasteiger partial charge >= 0.3 is 5.97 Å². The first kappa shape index (κ1) is 9.27. The second-order valence-corrected chi connectivity index (χ2v) is 3.75. The van der Waals surface area contributed by atoms with Crippen molar-refractivity contribution < 1.29 is 9.90 Å². The Bertz CT molecular complexity index is 275. The fourth-order valence-corrected chi connectivity index (χ4v) is 1.85. The van der Waals surface area contributed by atoms with Gasteiger partial charge in [0.2, 0.25) is 10.3 Å². The van der Waals surface area contributed by atoms with E-state index in [2.05, 4.69) is 9.36 Å². The number of nitrogen functional groups attached to an aromatic ring is 1. The van der Waals surface area contributed by atoms with E-state index in [1.54, 1.807) is 0 Å². The molecular formula is C5H7N3O2S2. The number of carboxylic acids is 1. The molecule has 1 aromatic heterocycles. The molecule has 66 valence electrons. The molecule has 1 aromatic rings. The number of nitrogens with two attached hydrogens (primary N) is 1. The molecule has 1 heterocycles. The summed E-state index contributed by atoms with van der Waals surface area (Å²) in [5.74, 6) is -0.336. The fourth-order valence-electron chi connectivity index (χ4n) is 0.509. The Balaban J connectivity index is 2.29. The summed E-state index contributed by atoms with van der Waals surface area (Å²) >= 11 is 2.41. The van der Waals surface area contributed by atoms with E-state index in [4.69, 9.17) is 10.8 Å². The highest BCUT2D eigenvalue weighted by Gasteiger charge is 2.02. The molecule has 0 amide bonds. The van der Waals surface area contributed by atoms with E-state index >= 15 is 0 Å². The van der Waals surface area contributed by atoms with Crippen LogP contribution in [0, 0.1) is 0 Å². The van der Waals surface area contributed by atoms with Gasteiger partial charge in [-0.3, -0.25) is 4.79 Å². The average molecular weight is 205 g/mol. The number of anilines is 1. The second-order valence-electron chi connectivity index (χ2n) is 1.91. The van der Waals surface area contributed by atoms with Crippen molar-refractivity contribution in [2.75, 3.05) is 11.5 Å². The van der Waals surface area contributed by atoms with Crippen molar-refractivity contribution in [1.29, 1.82) is 0 Å². The first-order valence-electron chi connectivity index (χ1n) is 3.12. The minimum Gasteiger partial charge on any atom is -0.481 e. The lowest BCUT2D eigenvalue weighted by Gasteiger charge is -1.90. The van der Waals surface area contributed by atoms with Crippen LogP contribution in [0.4, 0.5) is 5.13 Å². The Morgan fingerprint density at radius 2 is 2.50 bits per heavy atom. The van der Waals surface area contributed by atoms with E-state index in [1.165, 1.54) is 11.8 Å². The third kappa shape index (κ3) is 3.05. The highest BCUT2D eigenvalue weighted by molar-refractivity contribution is 7.99. The van der Waals surface area contributed by atoms with E-state index < -0.39 is 5.97 Å². The molecule has 0 atom stereocenters. The van der Waals surface area contributed by atoms with Gasteiger partial charge in [-0.05, 0) is 0 Å². The Morgan fingerprint density at radius 1 is 1.75 bits per heavy atom. The number of nitrogens with zero attached hydrogens (tertiary/aromatic N) is 2. The van der Waals surface area contributed by atoms with Crippen molar-refractivity contribution in [3.8, 4) is 0 Å². The summed E-state index contributed by atoms with van der Waals surface area (Å²) in [5.41, 5.74) is 5.33. The van der Waals surface area contributed by atoms with Gasteiger partial charge in [0.1, 0.15) is 0 Å². The maximum absolute atomic E-state index is 10.1. The lowest BCUT2D eigenvalue weighted by Crippen LogP contribution is -1.95. The lowest BCUT2D eigenvalue weighted by molar-refractivity contribution is -0.136. The molecule has 12 heavy (non-hydrogen) atoms. The van der Waals surface area contributed by atoms with Gasteiger partial charge in [0.15, 0.2) is 0 Å². The maximum Gasteiger partial charge on any atom is 0.304 e. The monoisotopic (exact) mass is 205 g/mol. The molecule has 3 N–H and O–H groups in total. The van der Waals surface area contributed by atoms with Crippen molar-refractivity contribution in [2.24, 2.45) is 0 Å². The molecular weight excluding hydrogens is 198 g/mol. The molecule has 0 aliphatic heterocycles. The molecule has 1 rings (SSSR count). The second kappa shape index (κ2) is 4.27. The maximum atomic E-state index is 10.1. The summed E-state index contributed by atoms with van der Waals surface area (Å²) < 4.78 is 3.89. The average Bonchev–Trinajstić information content (AvgIpc) is 2.35. The van der Waals surface area contributed by atoms with Gasteiger partial charge in [0.05, 0.1) is 6.42 Å². The first-order chi connectivity index (χ1) is 5.68. The summed E-state index contributed by atoms with van der Waals surface area (Å²) in [4.78, 5) is 14.0. The van der Waals surface area contributed by atoms with Crippen molar-refractivity contribution in [2.45, 2.75) is 11.6 Å². The van der Waals surface area contributed by atoms with E-state index in [0.717, 1.165) is 11.5 Å². The van der Waals surface area contributed by atoms with Crippen molar-refractivity contribution in [3.05, 3.63) is 0 Å². The molecule has 0 unspecified atom stereocenters. The molecule has 0 radical (unpaired) electrons. The molecule has 0 aliphatic carbocycles. The van der Waals surface area contributed by atoms with Gasteiger partial charge in [-0.25, -0.2) is 0 Å². The summed E-state index contributed by atoms with van der Waals surface area (Å²) in [5, 5.41) is 9.28. The summed E-state index contributed by atoms with van der Waals surface area (Å²) in [6, 6.07) is 0. The Kier molecular flexibility index (Phi) is 3.30. The third-order valence-electron chi connectivity index (χ3n) is 0.970. The molecule has 0 aromatic carbocycles. The largest absolute Gasteiger partial charge is 0.481 e. The van der Waals surface area contributed by atoms with Crippen LogP contribution < -0.4 is 5.73 Å². The van der Waals surface area contributed by atoms with Crippen LogP contribution >= 0.6 is 23.3 Å². The highest BCUT2D eigenvalue weighted by Crippen LogP contribution is 2.18. The fraction of sp³-hybridized carbons (Fsp3) is 0.400. The zero-order chi connectivity index (χ0) is 8.97. The molecule has 0 bridgehead atoms. The number of hydrogen-bond acceptors (Lipinski definition) is 6. The minimum absolute atomic E-state index is 0.115. The van der Waals surface area contributed by atoms with Gasteiger partial charge in [-0.2, -0.15) is 9.36 Å². The number of rotatable bonds is 4. The molecule has 0 saturated carbocycles. The number of aromatic nitrogens is 2. The van der Waals surface area contributed by atoms with Crippen LogP contribution in [0.25, 0.3) is 0 Å². The Labute approximate surface area is 77.2 Å². The summed E-state index contributed by atoms with van der Waals surface area (Å²) in [6.07, 6.45) is 0.115. The van der Waals surface area contributed by atoms with Crippen LogP contribution in [0.15, 0.2) is 5.16 Å². The first-order valence-corrected chi connectivity index (χ1v) is 4.88. The quantitative estimate of drug-likeness (QED) is 0.703. The molecule has 0 spiro atoms. The number of carbonyl (C=O) groups is 1.